The normalized spacial score (nSPS) is 27.4. The van der Waals surface area contributed by atoms with Crippen LogP contribution in [0.4, 0.5) is 0 Å². The van der Waals surface area contributed by atoms with Crippen molar-refractivity contribution in [2.45, 2.75) is 37.4 Å². The molecule has 3 fully saturated rings. The summed E-state index contributed by atoms with van der Waals surface area (Å²) in [4.78, 5) is 28.1. The third kappa shape index (κ3) is 5.69. The maximum absolute atomic E-state index is 12.9. The lowest BCUT2D eigenvalue weighted by Gasteiger charge is -2.34. The Morgan fingerprint density at radius 1 is 1.13 bits per heavy atom. The number of likely N-dealkylation sites (tertiary alicyclic amines) is 1. The number of halogens is 2. The Balaban J connectivity index is 1.27. The Labute approximate surface area is 192 Å². The van der Waals surface area contributed by atoms with Crippen LogP contribution in [0.2, 0.25) is 10.0 Å². The first-order valence-electron chi connectivity index (χ1n) is 10.8. The standard InChI is InChI=1S/C21H29Cl2N5O3/c22-15-2-1-3-16(23)18(15)20(29)26-17-10-24-27-19(17)21(30)25-14-4-7-28(8-5-14)11-13-6-9-31-12-13/h1-3,13-14,17,19,24,27H,4-12H2,(H,25,30)(H,26,29). The van der Waals surface area contributed by atoms with E-state index in [-0.39, 0.29) is 27.6 Å². The van der Waals surface area contributed by atoms with Crippen molar-refractivity contribution in [2.24, 2.45) is 5.92 Å². The van der Waals surface area contributed by atoms with Crippen molar-refractivity contribution < 1.29 is 14.3 Å². The molecule has 8 nitrogen and oxygen atoms in total. The van der Waals surface area contributed by atoms with Crippen molar-refractivity contribution in [2.75, 3.05) is 39.4 Å². The summed E-state index contributed by atoms with van der Waals surface area (Å²) >= 11 is 12.3. The minimum Gasteiger partial charge on any atom is -0.381 e. The van der Waals surface area contributed by atoms with Crippen LogP contribution in [0.5, 0.6) is 0 Å². The average Bonchev–Trinajstić information content (AvgIpc) is 3.41. The number of nitrogens with zero attached hydrogens (tertiary/aromatic N) is 1. The second kappa shape index (κ2) is 10.5. The van der Waals surface area contributed by atoms with Crippen LogP contribution < -0.4 is 21.5 Å². The molecule has 0 spiro atoms. The zero-order valence-corrected chi connectivity index (χ0v) is 18.8. The van der Waals surface area contributed by atoms with Gasteiger partial charge < -0.3 is 20.3 Å². The van der Waals surface area contributed by atoms with Crippen molar-refractivity contribution in [3.05, 3.63) is 33.8 Å². The predicted molar refractivity (Wildman–Crippen MR) is 119 cm³/mol. The molecule has 0 aliphatic carbocycles. The van der Waals surface area contributed by atoms with Crippen molar-refractivity contribution in [3.63, 3.8) is 0 Å². The molecule has 2 amide bonds. The molecule has 1 aromatic rings. The Morgan fingerprint density at radius 3 is 2.55 bits per heavy atom. The van der Waals surface area contributed by atoms with E-state index in [0.29, 0.717) is 12.5 Å². The van der Waals surface area contributed by atoms with Crippen LogP contribution in [0.25, 0.3) is 0 Å². The summed E-state index contributed by atoms with van der Waals surface area (Å²) in [5.74, 6) is 0.118. The largest absolute Gasteiger partial charge is 0.381 e. The highest BCUT2D eigenvalue weighted by molar-refractivity contribution is 6.39. The van der Waals surface area contributed by atoms with Crippen LogP contribution >= 0.6 is 23.2 Å². The van der Waals surface area contributed by atoms with Gasteiger partial charge in [-0.1, -0.05) is 29.3 Å². The Kier molecular flexibility index (Phi) is 7.68. The number of piperidine rings is 1. The number of carbonyl (C=O) groups is 2. The minimum absolute atomic E-state index is 0.122. The number of amides is 2. The summed E-state index contributed by atoms with van der Waals surface area (Å²) < 4.78 is 5.47. The van der Waals surface area contributed by atoms with E-state index in [1.807, 2.05) is 0 Å². The molecule has 3 saturated heterocycles. The predicted octanol–water partition coefficient (Wildman–Crippen LogP) is 1.19. The molecule has 10 heteroatoms. The SMILES string of the molecule is O=C(NC1CNNC1C(=O)NC1CCN(CC2CCOC2)CC1)c1c(Cl)cccc1Cl. The fourth-order valence-electron chi connectivity index (χ4n) is 4.48. The van der Waals surface area contributed by atoms with Gasteiger partial charge in [-0.3, -0.25) is 15.0 Å². The third-order valence-corrected chi connectivity index (χ3v) is 6.87. The summed E-state index contributed by atoms with van der Waals surface area (Å²) in [6.45, 7) is 5.19. The van der Waals surface area contributed by atoms with E-state index in [1.54, 1.807) is 18.2 Å². The summed E-state index contributed by atoms with van der Waals surface area (Å²) in [6.07, 6.45) is 2.99. The molecule has 0 saturated carbocycles. The number of hydrazine groups is 1. The van der Waals surface area contributed by atoms with Crippen molar-refractivity contribution in [3.8, 4) is 0 Å². The monoisotopic (exact) mass is 469 g/mol. The third-order valence-electron chi connectivity index (χ3n) is 6.25. The number of hydrogen-bond donors (Lipinski definition) is 4. The Morgan fingerprint density at radius 2 is 1.87 bits per heavy atom. The quantitative estimate of drug-likeness (QED) is 0.499. The minimum atomic E-state index is -0.570. The number of ether oxygens (including phenoxy) is 1. The maximum atomic E-state index is 12.9. The molecular formula is C21H29Cl2N5O3. The zero-order chi connectivity index (χ0) is 21.8. The lowest BCUT2D eigenvalue weighted by Crippen LogP contribution is -2.56. The molecular weight excluding hydrogens is 441 g/mol. The second-order valence-corrected chi connectivity index (χ2v) is 9.31. The molecule has 0 bridgehead atoms. The van der Waals surface area contributed by atoms with E-state index in [4.69, 9.17) is 27.9 Å². The molecule has 0 aromatic heterocycles. The maximum Gasteiger partial charge on any atom is 0.254 e. The van der Waals surface area contributed by atoms with Crippen LogP contribution in [0.15, 0.2) is 18.2 Å². The van der Waals surface area contributed by atoms with Crippen molar-refractivity contribution >= 4 is 35.0 Å². The lowest BCUT2D eigenvalue weighted by molar-refractivity contribution is -0.124. The van der Waals surface area contributed by atoms with Crippen molar-refractivity contribution in [1.82, 2.24) is 26.4 Å². The van der Waals surface area contributed by atoms with Gasteiger partial charge >= 0.3 is 0 Å². The van der Waals surface area contributed by atoms with Gasteiger partial charge in [-0.2, -0.15) is 0 Å². The van der Waals surface area contributed by atoms with Crippen molar-refractivity contribution in [1.29, 1.82) is 0 Å². The average molecular weight is 470 g/mol. The smallest absolute Gasteiger partial charge is 0.254 e. The first-order chi connectivity index (χ1) is 15.0. The van der Waals surface area contributed by atoms with Gasteiger partial charge in [0.1, 0.15) is 6.04 Å². The van der Waals surface area contributed by atoms with Crippen LogP contribution in [0.1, 0.15) is 29.6 Å². The Hall–Kier alpha value is -1.42. The van der Waals surface area contributed by atoms with Crippen LogP contribution in [-0.4, -0.2) is 74.2 Å². The number of rotatable bonds is 6. The van der Waals surface area contributed by atoms with Crippen LogP contribution in [-0.2, 0) is 9.53 Å². The topological polar surface area (TPSA) is 94.7 Å². The number of carbonyl (C=O) groups excluding carboxylic acids is 2. The number of nitrogens with one attached hydrogen (secondary N) is 4. The molecule has 3 heterocycles. The van der Waals surface area contributed by atoms with Crippen LogP contribution in [0, 0.1) is 5.92 Å². The first kappa shape index (κ1) is 22.8. The molecule has 170 valence electrons. The summed E-state index contributed by atoms with van der Waals surface area (Å²) in [5, 5.41) is 6.58. The van der Waals surface area contributed by atoms with E-state index in [2.05, 4.69) is 26.4 Å². The summed E-state index contributed by atoms with van der Waals surface area (Å²) in [6, 6.07) is 4.07. The molecule has 4 N–H and O–H groups in total. The molecule has 3 unspecified atom stereocenters. The highest BCUT2D eigenvalue weighted by atomic mass is 35.5. The lowest BCUT2D eigenvalue weighted by atomic mass is 10.0. The highest BCUT2D eigenvalue weighted by Gasteiger charge is 2.36. The van der Waals surface area contributed by atoms with E-state index < -0.39 is 18.0 Å². The highest BCUT2D eigenvalue weighted by Crippen LogP contribution is 2.24. The van der Waals surface area contributed by atoms with Gasteiger partial charge in [0.2, 0.25) is 5.91 Å². The second-order valence-electron chi connectivity index (χ2n) is 8.49. The molecule has 3 atom stereocenters. The number of benzene rings is 1. The fourth-order valence-corrected chi connectivity index (χ4v) is 5.05. The number of hydrogen-bond acceptors (Lipinski definition) is 6. The fraction of sp³-hybridized carbons (Fsp3) is 0.619. The summed E-state index contributed by atoms with van der Waals surface area (Å²) in [7, 11) is 0. The first-order valence-corrected chi connectivity index (χ1v) is 11.6. The van der Waals surface area contributed by atoms with Gasteiger partial charge in [-0.05, 0) is 37.3 Å². The van der Waals surface area contributed by atoms with Gasteiger partial charge in [0, 0.05) is 38.8 Å². The zero-order valence-electron chi connectivity index (χ0n) is 17.3. The molecule has 1 aromatic carbocycles. The molecule has 3 aliphatic rings. The van der Waals surface area contributed by atoms with Gasteiger partial charge in [-0.25, -0.2) is 5.43 Å². The van der Waals surface area contributed by atoms with Gasteiger partial charge in [0.15, 0.2) is 0 Å². The van der Waals surface area contributed by atoms with E-state index >= 15 is 0 Å². The summed E-state index contributed by atoms with van der Waals surface area (Å²) in [5.41, 5.74) is 6.15. The van der Waals surface area contributed by atoms with Gasteiger partial charge in [0.25, 0.3) is 5.91 Å². The van der Waals surface area contributed by atoms with E-state index in [1.165, 1.54) is 0 Å². The van der Waals surface area contributed by atoms with E-state index in [0.717, 1.165) is 52.1 Å². The Bertz CT molecular complexity index is 777. The molecule has 31 heavy (non-hydrogen) atoms. The van der Waals surface area contributed by atoms with Gasteiger partial charge in [-0.15, -0.1) is 0 Å². The van der Waals surface area contributed by atoms with Crippen LogP contribution in [0.3, 0.4) is 0 Å². The van der Waals surface area contributed by atoms with Gasteiger partial charge in [0.05, 0.1) is 28.3 Å². The van der Waals surface area contributed by atoms with E-state index in [9.17, 15) is 9.59 Å². The molecule has 3 aliphatic heterocycles. The molecule has 0 radical (unpaired) electrons. The molecule has 4 rings (SSSR count).